The van der Waals surface area contributed by atoms with Crippen molar-refractivity contribution in [2.24, 2.45) is 0 Å². The molecule has 3 aromatic rings. The molecule has 0 bridgehead atoms. The fourth-order valence-electron chi connectivity index (χ4n) is 4.08. The second-order valence-electron chi connectivity index (χ2n) is 9.19. The summed E-state index contributed by atoms with van der Waals surface area (Å²) in [6.07, 6.45) is 1.67. The van der Waals surface area contributed by atoms with E-state index in [0.29, 0.717) is 17.9 Å². The number of para-hydroxylation sites is 2. The summed E-state index contributed by atoms with van der Waals surface area (Å²) in [5, 5.41) is 2.84. The zero-order chi connectivity index (χ0) is 29.1. The Hall–Kier alpha value is -3.92. The summed E-state index contributed by atoms with van der Waals surface area (Å²) in [5.74, 6) is -1.10. The highest BCUT2D eigenvalue weighted by atomic mass is 32.2. The molecule has 1 atom stereocenters. The van der Waals surface area contributed by atoms with Crippen LogP contribution in [0.3, 0.4) is 0 Å². The molecule has 40 heavy (non-hydrogen) atoms. The average molecular weight is 570 g/mol. The van der Waals surface area contributed by atoms with Crippen molar-refractivity contribution in [3.8, 4) is 5.75 Å². The zero-order valence-electron chi connectivity index (χ0n) is 23.0. The number of nitrogens with zero attached hydrogens (tertiary/aromatic N) is 2. The second kappa shape index (κ2) is 14.5. The Labute approximate surface area is 235 Å². The monoisotopic (exact) mass is 569 g/mol. The van der Waals surface area contributed by atoms with Crippen LogP contribution in [-0.4, -0.2) is 50.9 Å². The van der Waals surface area contributed by atoms with E-state index >= 15 is 0 Å². The maximum atomic E-state index is 13.9. The van der Waals surface area contributed by atoms with Crippen molar-refractivity contribution in [1.29, 1.82) is 0 Å². The first-order valence-electron chi connectivity index (χ1n) is 13.3. The maximum Gasteiger partial charge on any atom is 0.264 e. The summed E-state index contributed by atoms with van der Waals surface area (Å²) in [6.45, 7) is 5.50. The molecule has 214 valence electrons. The fraction of sp³-hybridized carbons (Fsp3) is 0.333. The number of benzene rings is 3. The summed E-state index contributed by atoms with van der Waals surface area (Å²) < 4.78 is 48.1. The van der Waals surface area contributed by atoms with Crippen molar-refractivity contribution in [2.75, 3.05) is 24.0 Å². The molecule has 3 aromatic carbocycles. The smallest absolute Gasteiger partial charge is 0.264 e. The summed E-state index contributed by atoms with van der Waals surface area (Å²) in [6, 6.07) is 19.1. The van der Waals surface area contributed by atoms with E-state index in [4.69, 9.17) is 4.74 Å². The highest BCUT2D eigenvalue weighted by Crippen LogP contribution is 2.32. The Bertz CT molecular complexity index is 1370. The molecule has 0 aliphatic rings. The highest BCUT2D eigenvalue weighted by Gasteiger charge is 2.33. The molecule has 0 aliphatic carbocycles. The minimum atomic E-state index is -4.21. The molecule has 2 amide bonds. The van der Waals surface area contributed by atoms with Gasteiger partial charge in [-0.2, -0.15) is 0 Å². The number of amides is 2. The van der Waals surface area contributed by atoms with Crippen LogP contribution in [0.25, 0.3) is 0 Å². The van der Waals surface area contributed by atoms with Gasteiger partial charge in [-0.05, 0) is 62.2 Å². The molecule has 10 heteroatoms. The van der Waals surface area contributed by atoms with Gasteiger partial charge < -0.3 is 15.0 Å². The lowest BCUT2D eigenvalue weighted by Gasteiger charge is -2.32. The van der Waals surface area contributed by atoms with Crippen molar-refractivity contribution in [3.05, 3.63) is 90.2 Å². The topological polar surface area (TPSA) is 96.0 Å². The summed E-state index contributed by atoms with van der Waals surface area (Å²) in [4.78, 5) is 28.3. The second-order valence-corrected chi connectivity index (χ2v) is 11.1. The third-order valence-corrected chi connectivity index (χ3v) is 8.08. The molecule has 8 nitrogen and oxygen atoms in total. The number of ether oxygens (including phenoxy) is 1. The minimum Gasteiger partial charge on any atom is -0.492 e. The molecule has 0 radical (unpaired) electrons. The van der Waals surface area contributed by atoms with Gasteiger partial charge in [0.2, 0.25) is 11.8 Å². The summed E-state index contributed by atoms with van der Waals surface area (Å²) >= 11 is 0. The number of rotatable bonds is 14. The summed E-state index contributed by atoms with van der Waals surface area (Å²) in [7, 11) is -4.21. The van der Waals surface area contributed by atoms with Gasteiger partial charge in [-0.1, -0.05) is 55.8 Å². The van der Waals surface area contributed by atoms with Crippen LogP contribution < -0.4 is 14.4 Å². The van der Waals surface area contributed by atoms with Gasteiger partial charge in [-0.3, -0.25) is 13.9 Å². The van der Waals surface area contributed by atoms with Gasteiger partial charge in [0, 0.05) is 13.1 Å². The fourth-order valence-corrected chi connectivity index (χ4v) is 5.52. The minimum absolute atomic E-state index is 0.00421. The van der Waals surface area contributed by atoms with Crippen LogP contribution in [0.2, 0.25) is 0 Å². The Balaban J connectivity index is 2.03. The third-order valence-electron chi connectivity index (χ3n) is 6.31. The number of hydrogen-bond acceptors (Lipinski definition) is 5. The van der Waals surface area contributed by atoms with Crippen molar-refractivity contribution in [2.45, 2.75) is 51.1 Å². The predicted molar refractivity (Wildman–Crippen MR) is 153 cm³/mol. The van der Waals surface area contributed by atoms with Crippen LogP contribution in [0.15, 0.2) is 83.8 Å². The quantitative estimate of drug-likeness (QED) is 0.283. The predicted octanol–water partition coefficient (Wildman–Crippen LogP) is 4.75. The highest BCUT2D eigenvalue weighted by molar-refractivity contribution is 7.92. The van der Waals surface area contributed by atoms with Gasteiger partial charge in [0.05, 0.1) is 17.2 Å². The molecule has 0 fully saturated rings. The Morgan fingerprint density at radius 1 is 0.950 bits per heavy atom. The van der Waals surface area contributed by atoms with Crippen LogP contribution in [-0.2, 0) is 26.2 Å². The number of carbonyl (C=O) groups is 2. The van der Waals surface area contributed by atoms with Gasteiger partial charge in [-0.25, -0.2) is 12.8 Å². The van der Waals surface area contributed by atoms with Crippen molar-refractivity contribution in [1.82, 2.24) is 10.2 Å². The maximum absolute atomic E-state index is 13.9. The van der Waals surface area contributed by atoms with Gasteiger partial charge in [-0.15, -0.1) is 0 Å². The number of nitrogens with one attached hydrogen (secondary N) is 1. The number of sulfonamides is 1. The molecular weight excluding hydrogens is 533 g/mol. The van der Waals surface area contributed by atoms with Crippen LogP contribution >= 0.6 is 0 Å². The lowest BCUT2D eigenvalue weighted by Crippen LogP contribution is -2.51. The number of hydrogen-bond donors (Lipinski definition) is 1. The molecule has 0 spiro atoms. The van der Waals surface area contributed by atoms with Gasteiger partial charge in [0.15, 0.2) is 0 Å². The molecule has 0 saturated heterocycles. The van der Waals surface area contributed by atoms with Crippen LogP contribution in [0, 0.1) is 5.82 Å². The van der Waals surface area contributed by atoms with E-state index < -0.39 is 34.3 Å². The molecule has 0 heterocycles. The standard InChI is InChI=1S/C30H36FN3O5S/c1-4-6-20-32-30(36)23(3)33(21-24-16-18-25(31)19-17-24)29(35)22-34(27-14-10-11-15-28(27)39-5-2)40(37,38)26-12-8-7-9-13-26/h7-19,23H,4-6,20-22H2,1-3H3,(H,32,36). The molecule has 0 saturated carbocycles. The van der Waals surface area contributed by atoms with E-state index in [9.17, 15) is 22.4 Å². The van der Waals surface area contributed by atoms with Crippen molar-refractivity contribution >= 4 is 27.5 Å². The Morgan fingerprint density at radius 3 is 2.25 bits per heavy atom. The molecule has 0 aliphatic heterocycles. The van der Waals surface area contributed by atoms with Gasteiger partial charge in [0.25, 0.3) is 10.0 Å². The van der Waals surface area contributed by atoms with Crippen molar-refractivity contribution < 1.29 is 27.1 Å². The first-order valence-corrected chi connectivity index (χ1v) is 14.7. The van der Waals surface area contributed by atoms with E-state index in [1.165, 1.54) is 41.3 Å². The average Bonchev–Trinajstić information content (AvgIpc) is 2.96. The SMILES string of the molecule is CCCCNC(=O)C(C)N(Cc1ccc(F)cc1)C(=O)CN(c1ccccc1OCC)S(=O)(=O)c1ccccc1. The van der Waals surface area contributed by atoms with E-state index in [1.807, 2.05) is 6.92 Å². The van der Waals surface area contributed by atoms with E-state index in [1.54, 1.807) is 56.3 Å². The largest absolute Gasteiger partial charge is 0.492 e. The molecule has 0 aromatic heterocycles. The molecule has 1 N–H and O–H groups in total. The van der Waals surface area contributed by atoms with Crippen LogP contribution in [0.5, 0.6) is 5.75 Å². The third kappa shape index (κ3) is 7.81. The van der Waals surface area contributed by atoms with E-state index in [2.05, 4.69) is 5.32 Å². The van der Waals surface area contributed by atoms with E-state index in [-0.39, 0.29) is 29.6 Å². The lowest BCUT2D eigenvalue weighted by molar-refractivity contribution is -0.139. The van der Waals surface area contributed by atoms with Gasteiger partial charge >= 0.3 is 0 Å². The number of carbonyl (C=O) groups excluding carboxylic acids is 2. The van der Waals surface area contributed by atoms with Crippen molar-refractivity contribution in [3.63, 3.8) is 0 Å². The molecular formula is C30H36FN3O5S. The summed E-state index contributed by atoms with van der Waals surface area (Å²) in [5.41, 5.74) is 0.790. The van der Waals surface area contributed by atoms with Crippen LogP contribution in [0.4, 0.5) is 10.1 Å². The normalized spacial score (nSPS) is 11.9. The zero-order valence-corrected chi connectivity index (χ0v) is 23.9. The van der Waals surface area contributed by atoms with Gasteiger partial charge in [0.1, 0.15) is 24.2 Å². The van der Waals surface area contributed by atoms with E-state index in [0.717, 1.165) is 17.1 Å². The molecule has 3 rings (SSSR count). The Morgan fingerprint density at radius 2 is 1.60 bits per heavy atom. The Kier molecular flexibility index (Phi) is 11.1. The first-order chi connectivity index (χ1) is 19.2. The first kappa shape index (κ1) is 30.6. The van der Waals surface area contributed by atoms with Crippen LogP contribution in [0.1, 0.15) is 39.2 Å². The number of unbranched alkanes of at least 4 members (excludes halogenated alkanes) is 1. The lowest BCUT2D eigenvalue weighted by atomic mass is 10.1. The molecule has 1 unspecified atom stereocenters. The number of halogens is 1. The number of anilines is 1.